The van der Waals surface area contributed by atoms with Crippen LogP contribution >= 0.6 is 0 Å². The molecule has 0 radical (unpaired) electrons. The average Bonchev–Trinajstić information content (AvgIpc) is 2.65. The highest BCUT2D eigenvalue weighted by Gasteiger charge is 2.41. The van der Waals surface area contributed by atoms with Crippen molar-refractivity contribution in [1.29, 1.82) is 0 Å². The number of esters is 1. The van der Waals surface area contributed by atoms with Crippen LogP contribution in [-0.4, -0.2) is 24.5 Å². The minimum atomic E-state index is -0.801. The van der Waals surface area contributed by atoms with E-state index in [2.05, 4.69) is 5.32 Å². The molecule has 4 heteroatoms. The monoisotopic (exact) mass is 271 g/mol. The number of carbonyl (C=O) groups excluding carboxylic acids is 2. The van der Waals surface area contributed by atoms with Gasteiger partial charge >= 0.3 is 5.97 Å². The van der Waals surface area contributed by atoms with Crippen molar-refractivity contribution >= 4 is 18.0 Å². The lowest BCUT2D eigenvalue weighted by Crippen LogP contribution is -2.23. The predicted octanol–water partition coefficient (Wildman–Crippen LogP) is 2.08. The molecule has 0 saturated heterocycles. The van der Waals surface area contributed by atoms with E-state index in [1.54, 1.807) is 19.9 Å². The number of hydrogen-bond acceptors (Lipinski definition) is 3. The van der Waals surface area contributed by atoms with Gasteiger partial charge < -0.3 is 10.1 Å². The van der Waals surface area contributed by atoms with E-state index in [-0.39, 0.29) is 5.57 Å². The van der Waals surface area contributed by atoms with Gasteiger partial charge in [0.1, 0.15) is 11.2 Å². The fourth-order valence-electron chi connectivity index (χ4n) is 2.12. The molecule has 2 rings (SSSR count). The molecule has 0 aromatic heterocycles. The Morgan fingerprint density at radius 3 is 2.45 bits per heavy atom. The van der Waals surface area contributed by atoms with Gasteiger partial charge in [0.15, 0.2) is 0 Å². The molecular formula is C16H17NO3. The SMILES string of the molecule is CNC(=O)C1=C(C=Cc2ccccc2)C(C)(C)OC1=O. The van der Waals surface area contributed by atoms with Gasteiger partial charge in [-0.05, 0) is 19.4 Å². The van der Waals surface area contributed by atoms with Crippen LogP contribution in [0.4, 0.5) is 0 Å². The lowest BCUT2D eigenvalue weighted by Gasteiger charge is -2.18. The van der Waals surface area contributed by atoms with E-state index in [4.69, 9.17) is 4.74 Å². The third-order valence-electron chi connectivity index (χ3n) is 3.17. The lowest BCUT2D eigenvalue weighted by atomic mass is 9.94. The summed E-state index contributed by atoms with van der Waals surface area (Å²) in [5.74, 6) is -1.00. The molecule has 0 aliphatic carbocycles. The molecule has 1 aliphatic rings. The highest BCUT2D eigenvalue weighted by molar-refractivity contribution is 6.19. The summed E-state index contributed by atoms with van der Waals surface area (Å²) in [6.45, 7) is 3.54. The maximum absolute atomic E-state index is 11.8. The van der Waals surface area contributed by atoms with E-state index in [1.165, 1.54) is 7.05 Å². The number of carbonyl (C=O) groups is 2. The van der Waals surface area contributed by atoms with Crippen molar-refractivity contribution in [2.45, 2.75) is 19.4 Å². The summed E-state index contributed by atoms with van der Waals surface area (Å²) in [5.41, 5.74) is 0.853. The Labute approximate surface area is 118 Å². The predicted molar refractivity (Wildman–Crippen MR) is 76.7 cm³/mol. The first-order chi connectivity index (χ1) is 9.45. The number of rotatable bonds is 3. The van der Waals surface area contributed by atoms with Crippen LogP contribution in [0.5, 0.6) is 0 Å². The number of hydrogen-bond donors (Lipinski definition) is 1. The molecule has 1 aliphatic heterocycles. The molecule has 0 unspecified atom stereocenters. The maximum Gasteiger partial charge on any atom is 0.345 e. The van der Waals surface area contributed by atoms with E-state index in [9.17, 15) is 9.59 Å². The fraction of sp³-hybridized carbons (Fsp3) is 0.250. The van der Waals surface area contributed by atoms with Crippen molar-refractivity contribution in [3.05, 3.63) is 53.1 Å². The molecule has 1 N–H and O–H groups in total. The summed E-state index contributed by atoms with van der Waals surface area (Å²) in [5, 5.41) is 2.47. The Morgan fingerprint density at radius 2 is 1.85 bits per heavy atom. The first-order valence-corrected chi connectivity index (χ1v) is 6.39. The molecule has 0 bridgehead atoms. The second kappa shape index (κ2) is 5.33. The number of cyclic esters (lactones) is 1. The van der Waals surface area contributed by atoms with Crippen LogP contribution in [-0.2, 0) is 14.3 Å². The number of amides is 1. The average molecular weight is 271 g/mol. The maximum atomic E-state index is 11.8. The summed E-state index contributed by atoms with van der Waals surface area (Å²) >= 11 is 0. The first kappa shape index (κ1) is 14.1. The van der Waals surface area contributed by atoms with Crippen LogP contribution in [0.15, 0.2) is 47.6 Å². The zero-order chi connectivity index (χ0) is 14.8. The molecular weight excluding hydrogens is 254 g/mol. The smallest absolute Gasteiger partial charge is 0.345 e. The summed E-state index contributed by atoms with van der Waals surface area (Å²) in [4.78, 5) is 23.7. The van der Waals surface area contributed by atoms with Crippen LogP contribution in [0.2, 0.25) is 0 Å². The molecule has 1 amide bonds. The fourth-order valence-corrected chi connectivity index (χ4v) is 2.12. The summed E-state index contributed by atoms with van der Waals surface area (Å²) in [6.07, 6.45) is 3.63. The van der Waals surface area contributed by atoms with Crippen molar-refractivity contribution in [3.8, 4) is 0 Å². The number of benzene rings is 1. The Hall–Kier alpha value is -2.36. The number of ether oxygens (including phenoxy) is 1. The van der Waals surface area contributed by atoms with Crippen LogP contribution in [0.1, 0.15) is 19.4 Å². The minimum Gasteiger partial charge on any atom is -0.451 e. The molecule has 1 aromatic carbocycles. The summed E-state index contributed by atoms with van der Waals surface area (Å²) in [6, 6.07) is 9.67. The zero-order valence-corrected chi connectivity index (χ0v) is 11.8. The van der Waals surface area contributed by atoms with Crippen molar-refractivity contribution < 1.29 is 14.3 Å². The Kier molecular flexibility index (Phi) is 3.74. The summed E-state index contributed by atoms with van der Waals surface area (Å²) in [7, 11) is 1.49. The Balaban J connectivity index is 2.43. The molecule has 1 heterocycles. The summed E-state index contributed by atoms with van der Waals surface area (Å²) < 4.78 is 5.26. The zero-order valence-electron chi connectivity index (χ0n) is 11.8. The Morgan fingerprint density at radius 1 is 1.20 bits per heavy atom. The van der Waals surface area contributed by atoms with E-state index in [1.807, 2.05) is 36.4 Å². The quantitative estimate of drug-likeness (QED) is 0.676. The number of likely N-dealkylation sites (N-methyl/N-ethyl adjacent to an activating group) is 1. The number of nitrogens with one attached hydrogen (secondary N) is 1. The highest BCUT2D eigenvalue weighted by atomic mass is 16.6. The normalized spacial score (nSPS) is 17.4. The highest BCUT2D eigenvalue weighted by Crippen LogP contribution is 2.33. The van der Waals surface area contributed by atoms with Gasteiger partial charge in [-0.15, -0.1) is 0 Å². The van der Waals surface area contributed by atoms with Crippen LogP contribution in [0.3, 0.4) is 0 Å². The molecule has 0 saturated carbocycles. The van der Waals surface area contributed by atoms with Gasteiger partial charge in [0.05, 0.1) is 0 Å². The lowest BCUT2D eigenvalue weighted by molar-refractivity contribution is -0.145. The van der Waals surface area contributed by atoms with Crippen molar-refractivity contribution in [2.75, 3.05) is 7.05 Å². The van der Waals surface area contributed by atoms with Gasteiger partial charge in [-0.2, -0.15) is 0 Å². The van der Waals surface area contributed by atoms with E-state index >= 15 is 0 Å². The topological polar surface area (TPSA) is 55.4 Å². The third kappa shape index (κ3) is 2.64. The largest absolute Gasteiger partial charge is 0.451 e. The van der Waals surface area contributed by atoms with Crippen molar-refractivity contribution in [2.24, 2.45) is 0 Å². The second-order valence-electron chi connectivity index (χ2n) is 5.01. The first-order valence-electron chi connectivity index (χ1n) is 6.39. The second-order valence-corrected chi connectivity index (χ2v) is 5.01. The van der Waals surface area contributed by atoms with E-state index in [0.717, 1.165) is 5.56 Å². The van der Waals surface area contributed by atoms with Gasteiger partial charge in [0, 0.05) is 12.6 Å². The Bertz CT molecular complexity index is 597. The molecule has 1 aromatic rings. The van der Waals surface area contributed by atoms with Crippen molar-refractivity contribution in [3.63, 3.8) is 0 Å². The van der Waals surface area contributed by atoms with E-state index in [0.29, 0.717) is 5.57 Å². The van der Waals surface area contributed by atoms with Crippen LogP contribution in [0, 0.1) is 0 Å². The van der Waals surface area contributed by atoms with Gasteiger partial charge in [-0.25, -0.2) is 4.79 Å². The van der Waals surface area contributed by atoms with Gasteiger partial charge in [-0.3, -0.25) is 4.79 Å². The minimum absolute atomic E-state index is 0.0738. The molecule has 0 atom stereocenters. The van der Waals surface area contributed by atoms with Gasteiger partial charge in [0.2, 0.25) is 0 Å². The van der Waals surface area contributed by atoms with Gasteiger partial charge in [0.25, 0.3) is 5.91 Å². The van der Waals surface area contributed by atoms with Crippen molar-refractivity contribution in [1.82, 2.24) is 5.32 Å². The van der Waals surface area contributed by atoms with Crippen LogP contribution < -0.4 is 5.32 Å². The molecule has 0 fully saturated rings. The van der Waals surface area contributed by atoms with Gasteiger partial charge in [-0.1, -0.05) is 42.5 Å². The molecule has 20 heavy (non-hydrogen) atoms. The van der Waals surface area contributed by atoms with E-state index < -0.39 is 17.5 Å². The molecule has 0 spiro atoms. The third-order valence-corrected chi connectivity index (χ3v) is 3.17. The van der Waals surface area contributed by atoms with Crippen LogP contribution in [0.25, 0.3) is 6.08 Å². The molecule has 4 nitrogen and oxygen atoms in total. The standard InChI is InChI=1S/C16H17NO3/c1-16(2)12(10-9-11-7-5-4-6-8-11)13(14(18)17-3)15(19)20-16/h4-10H,1-3H3,(H,17,18). The molecule has 104 valence electrons.